The number of benzene rings is 1. The number of fused-ring (bicyclic) bond motifs is 1. The van der Waals surface area contributed by atoms with E-state index in [0.29, 0.717) is 49.1 Å². The fourth-order valence-electron chi connectivity index (χ4n) is 4.50. The molecule has 1 saturated heterocycles. The highest BCUT2D eigenvalue weighted by atomic mass is 19.1. The monoisotopic (exact) mass is 453 g/mol. The largest absolute Gasteiger partial charge is 0.498 e. The molecule has 0 aliphatic carbocycles. The van der Waals surface area contributed by atoms with E-state index in [1.165, 1.54) is 16.5 Å². The molecule has 3 aromatic rings. The molecule has 0 saturated carbocycles. The minimum atomic E-state index is -0.751. The molecule has 4 heterocycles. The number of hydrogen-bond acceptors (Lipinski definition) is 5. The Morgan fingerprint density at radius 3 is 2.61 bits per heavy atom. The molecule has 2 aliphatic heterocycles. The van der Waals surface area contributed by atoms with E-state index in [9.17, 15) is 13.6 Å². The van der Waals surface area contributed by atoms with E-state index >= 15 is 0 Å². The summed E-state index contributed by atoms with van der Waals surface area (Å²) in [6.45, 7) is 5.40. The summed E-state index contributed by atoms with van der Waals surface area (Å²) in [6.07, 6.45) is 6.24. The van der Waals surface area contributed by atoms with Crippen molar-refractivity contribution in [3.8, 4) is 11.3 Å². The van der Waals surface area contributed by atoms with Crippen molar-refractivity contribution in [3.05, 3.63) is 75.2 Å². The zero-order valence-electron chi connectivity index (χ0n) is 18.6. The maximum atomic E-state index is 14.8. The van der Waals surface area contributed by atoms with Crippen molar-refractivity contribution in [2.75, 3.05) is 19.8 Å². The van der Waals surface area contributed by atoms with Crippen LogP contribution in [0.3, 0.4) is 0 Å². The quantitative estimate of drug-likeness (QED) is 0.586. The van der Waals surface area contributed by atoms with Crippen LogP contribution in [-0.2, 0) is 9.47 Å². The molecule has 0 N–H and O–H groups in total. The van der Waals surface area contributed by atoms with Gasteiger partial charge in [-0.05, 0) is 51.3 Å². The van der Waals surface area contributed by atoms with E-state index in [2.05, 4.69) is 11.1 Å². The average Bonchev–Trinajstić information content (AvgIpc) is 2.83. The zero-order valence-corrected chi connectivity index (χ0v) is 18.6. The van der Waals surface area contributed by atoms with Gasteiger partial charge in [-0.3, -0.25) is 9.20 Å². The second-order valence-electron chi connectivity index (χ2n) is 8.66. The van der Waals surface area contributed by atoms with E-state index in [1.54, 1.807) is 20.0 Å². The number of allylic oxidation sites excluding steroid dienone is 2. The van der Waals surface area contributed by atoms with Crippen molar-refractivity contribution in [2.24, 2.45) is 5.92 Å². The van der Waals surface area contributed by atoms with Crippen LogP contribution < -0.4 is 5.56 Å². The molecule has 1 aromatic carbocycles. The van der Waals surface area contributed by atoms with Crippen LogP contribution in [0.25, 0.3) is 16.9 Å². The summed E-state index contributed by atoms with van der Waals surface area (Å²) in [5.41, 5.74) is 2.03. The SMILES string of the molecule is Cc1nc2c(-c3ccc(F)cc3F)nc(C3C=C(C4CCOCC4)OCC3)cn2c(=O)c1C. The van der Waals surface area contributed by atoms with Gasteiger partial charge in [0.25, 0.3) is 5.56 Å². The molecule has 8 heteroatoms. The number of hydrogen-bond donors (Lipinski definition) is 0. The molecule has 5 rings (SSSR count). The summed E-state index contributed by atoms with van der Waals surface area (Å²) in [6, 6.07) is 3.34. The van der Waals surface area contributed by atoms with Gasteiger partial charge in [0, 0.05) is 54.1 Å². The molecule has 1 atom stereocenters. The van der Waals surface area contributed by atoms with Crippen LogP contribution in [0.2, 0.25) is 0 Å². The Morgan fingerprint density at radius 1 is 1.06 bits per heavy atom. The molecule has 33 heavy (non-hydrogen) atoms. The number of aryl methyl sites for hydroxylation is 1. The summed E-state index contributed by atoms with van der Waals surface area (Å²) in [5.74, 6) is -0.305. The summed E-state index contributed by atoms with van der Waals surface area (Å²) in [7, 11) is 0. The molecule has 6 nitrogen and oxygen atoms in total. The Hall–Kier alpha value is -3.13. The van der Waals surface area contributed by atoms with Gasteiger partial charge >= 0.3 is 0 Å². The molecule has 0 bridgehead atoms. The molecule has 172 valence electrons. The predicted molar refractivity (Wildman–Crippen MR) is 119 cm³/mol. The van der Waals surface area contributed by atoms with Crippen molar-refractivity contribution in [1.82, 2.24) is 14.4 Å². The molecule has 2 aromatic heterocycles. The van der Waals surface area contributed by atoms with Gasteiger partial charge < -0.3 is 9.47 Å². The van der Waals surface area contributed by atoms with E-state index in [1.807, 2.05) is 0 Å². The van der Waals surface area contributed by atoms with Crippen LogP contribution >= 0.6 is 0 Å². The summed E-state index contributed by atoms with van der Waals surface area (Å²) < 4.78 is 41.2. The van der Waals surface area contributed by atoms with Crippen LogP contribution in [0.4, 0.5) is 8.78 Å². The van der Waals surface area contributed by atoms with E-state index in [4.69, 9.17) is 14.5 Å². The summed E-state index contributed by atoms with van der Waals surface area (Å²) in [5, 5.41) is 0. The van der Waals surface area contributed by atoms with Gasteiger partial charge in [0.2, 0.25) is 0 Å². The topological polar surface area (TPSA) is 65.7 Å². The van der Waals surface area contributed by atoms with Gasteiger partial charge in [-0.15, -0.1) is 0 Å². The van der Waals surface area contributed by atoms with Crippen molar-refractivity contribution >= 4 is 5.65 Å². The first kappa shape index (κ1) is 21.7. The Balaban J connectivity index is 1.69. The Labute approximate surface area is 189 Å². The molecule has 0 radical (unpaired) electrons. The van der Waals surface area contributed by atoms with Gasteiger partial charge in [-0.25, -0.2) is 18.7 Å². The number of aromatic nitrogens is 3. The third-order valence-electron chi connectivity index (χ3n) is 6.55. The van der Waals surface area contributed by atoms with E-state index in [0.717, 1.165) is 24.7 Å². The number of rotatable bonds is 3. The molecular formula is C25H25F2N3O3. The highest BCUT2D eigenvalue weighted by molar-refractivity contribution is 5.74. The lowest BCUT2D eigenvalue weighted by Gasteiger charge is -2.29. The molecule has 0 spiro atoms. The average molecular weight is 453 g/mol. The standard InChI is InChI=1S/C25H25F2N3O3/c1-14-15(2)28-24-23(19-4-3-18(26)12-20(19)27)29-21(13-30(24)25(14)31)17-7-10-33-22(11-17)16-5-8-32-9-6-16/h3-4,11-13,16-17H,5-10H2,1-2H3. The lowest BCUT2D eigenvalue weighted by Crippen LogP contribution is -2.24. The third-order valence-corrected chi connectivity index (χ3v) is 6.55. The van der Waals surface area contributed by atoms with Crippen molar-refractivity contribution < 1.29 is 18.3 Å². The summed E-state index contributed by atoms with van der Waals surface area (Å²) in [4.78, 5) is 22.4. The first-order chi connectivity index (χ1) is 15.9. The number of halogens is 2. The van der Waals surface area contributed by atoms with E-state index < -0.39 is 11.6 Å². The van der Waals surface area contributed by atoms with Crippen LogP contribution in [0, 0.1) is 31.4 Å². The van der Waals surface area contributed by atoms with Gasteiger partial charge in [0.15, 0.2) is 5.65 Å². The fourth-order valence-corrected chi connectivity index (χ4v) is 4.50. The Kier molecular flexibility index (Phi) is 5.70. The first-order valence-corrected chi connectivity index (χ1v) is 11.2. The van der Waals surface area contributed by atoms with Crippen molar-refractivity contribution in [3.63, 3.8) is 0 Å². The van der Waals surface area contributed by atoms with Gasteiger partial charge in [-0.1, -0.05) is 0 Å². The fraction of sp³-hybridized carbons (Fsp3) is 0.400. The third kappa shape index (κ3) is 4.04. The number of nitrogens with zero attached hydrogens (tertiary/aromatic N) is 3. The maximum Gasteiger partial charge on any atom is 0.261 e. The molecule has 0 amide bonds. The normalized spacial score (nSPS) is 19.4. The van der Waals surface area contributed by atoms with Crippen molar-refractivity contribution in [2.45, 2.75) is 39.0 Å². The first-order valence-electron chi connectivity index (χ1n) is 11.2. The van der Waals surface area contributed by atoms with E-state index in [-0.39, 0.29) is 28.4 Å². The Morgan fingerprint density at radius 2 is 1.85 bits per heavy atom. The second-order valence-corrected chi connectivity index (χ2v) is 8.66. The van der Waals surface area contributed by atoms with Crippen molar-refractivity contribution in [1.29, 1.82) is 0 Å². The second kappa shape index (κ2) is 8.67. The lowest BCUT2D eigenvalue weighted by atomic mass is 9.91. The minimum absolute atomic E-state index is 0.100. The van der Waals surface area contributed by atoms with Gasteiger partial charge in [-0.2, -0.15) is 0 Å². The summed E-state index contributed by atoms with van der Waals surface area (Å²) >= 11 is 0. The highest BCUT2D eigenvalue weighted by Gasteiger charge is 2.27. The molecular weight excluding hydrogens is 428 g/mol. The molecule has 1 fully saturated rings. The highest BCUT2D eigenvalue weighted by Crippen LogP contribution is 2.34. The van der Waals surface area contributed by atoms with Crippen LogP contribution in [0.15, 0.2) is 41.0 Å². The molecule has 2 aliphatic rings. The number of ether oxygens (including phenoxy) is 2. The van der Waals surface area contributed by atoms with Crippen LogP contribution in [0.1, 0.15) is 42.1 Å². The van der Waals surface area contributed by atoms with Crippen LogP contribution in [-0.4, -0.2) is 34.2 Å². The maximum absolute atomic E-state index is 14.8. The predicted octanol–water partition coefficient (Wildman–Crippen LogP) is 4.47. The van der Waals surface area contributed by atoms with Gasteiger partial charge in [0.05, 0.1) is 18.1 Å². The lowest BCUT2D eigenvalue weighted by molar-refractivity contribution is 0.0484. The van der Waals surface area contributed by atoms with Gasteiger partial charge in [0.1, 0.15) is 17.3 Å². The Bertz CT molecular complexity index is 1310. The molecule has 1 unspecified atom stereocenters. The van der Waals surface area contributed by atoms with Crippen LogP contribution in [0.5, 0.6) is 0 Å². The minimum Gasteiger partial charge on any atom is -0.498 e. The smallest absolute Gasteiger partial charge is 0.261 e. The zero-order chi connectivity index (χ0) is 23.1.